The first kappa shape index (κ1) is 14.2. The quantitative estimate of drug-likeness (QED) is 0.606. The second-order valence-corrected chi connectivity index (χ2v) is 6.38. The van der Waals surface area contributed by atoms with Gasteiger partial charge in [-0.15, -0.1) is 5.10 Å². The first-order valence-electron chi connectivity index (χ1n) is 7.03. The Balaban J connectivity index is 1.55. The number of pyridine rings is 1. The van der Waals surface area contributed by atoms with Gasteiger partial charge in [0.1, 0.15) is 0 Å². The van der Waals surface area contributed by atoms with E-state index in [0.29, 0.717) is 11.6 Å². The number of fused-ring (bicyclic) bond motifs is 1. The van der Waals surface area contributed by atoms with Gasteiger partial charge in [-0.25, -0.2) is 9.50 Å². The third-order valence-corrected chi connectivity index (χ3v) is 4.45. The largest absolute Gasteiger partial charge is 0.356 e. The van der Waals surface area contributed by atoms with Crippen LogP contribution in [0.5, 0.6) is 0 Å². The van der Waals surface area contributed by atoms with Crippen molar-refractivity contribution in [2.75, 3.05) is 5.32 Å². The number of nitrogens with zero attached hydrogens (tertiary/aromatic N) is 4. The molecule has 1 aromatic carbocycles. The topological polar surface area (TPSA) is 55.1 Å². The molecular weight excluding hydrogens is 330 g/mol. The summed E-state index contributed by atoms with van der Waals surface area (Å²) >= 11 is 7.54. The maximum absolute atomic E-state index is 6.03. The molecular formula is C16H12ClN5S. The standard InChI is InChI=1S/C16H12ClN5S/c17-13-5-1-4-12(7-13)14-10-22-16(20-14)23-15(21-22)19-9-11-3-2-6-18-8-11/h1-8,10H,9H2,(H,19,21). The Labute approximate surface area is 141 Å². The molecule has 0 saturated heterocycles. The Hall–Kier alpha value is -2.44. The molecule has 3 aromatic heterocycles. The van der Waals surface area contributed by atoms with Crippen LogP contribution in [-0.2, 0) is 6.54 Å². The molecule has 5 nitrogen and oxygen atoms in total. The fraction of sp³-hybridized carbons (Fsp3) is 0.0625. The minimum absolute atomic E-state index is 0.686. The summed E-state index contributed by atoms with van der Waals surface area (Å²) in [4.78, 5) is 9.55. The lowest BCUT2D eigenvalue weighted by Gasteiger charge is -2.00. The van der Waals surface area contributed by atoms with Gasteiger partial charge in [-0.1, -0.05) is 41.1 Å². The first-order chi connectivity index (χ1) is 11.3. The van der Waals surface area contributed by atoms with E-state index in [1.165, 1.54) is 11.3 Å². The van der Waals surface area contributed by atoms with Crippen LogP contribution >= 0.6 is 22.9 Å². The van der Waals surface area contributed by atoms with Gasteiger partial charge in [-0.3, -0.25) is 4.98 Å². The average Bonchev–Trinajstić information content (AvgIpc) is 3.12. The van der Waals surface area contributed by atoms with Crippen LogP contribution in [0.4, 0.5) is 5.13 Å². The SMILES string of the molecule is Clc1cccc(-c2cn3nc(NCc4cccnc4)sc3n2)c1. The van der Waals surface area contributed by atoms with Crippen LogP contribution in [0.25, 0.3) is 16.2 Å². The van der Waals surface area contributed by atoms with Crippen LogP contribution in [-0.4, -0.2) is 19.6 Å². The number of halogens is 1. The molecule has 0 fully saturated rings. The summed E-state index contributed by atoms with van der Waals surface area (Å²) in [5.41, 5.74) is 2.96. The molecule has 23 heavy (non-hydrogen) atoms. The zero-order valence-electron chi connectivity index (χ0n) is 12.0. The average molecular weight is 342 g/mol. The Morgan fingerprint density at radius 3 is 2.96 bits per heavy atom. The molecule has 114 valence electrons. The Kier molecular flexibility index (Phi) is 3.69. The van der Waals surface area contributed by atoms with Crippen LogP contribution in [0.2, 0.25) is 5.02 Å². The van der Waals surface area contributed by atoms with Crippen LogP contribution < -0.4 is 5.32 Å². The maximum atomic E-state index is 6.03. The highest BCUT2D eigenvalue weighted by Crippen LogP contribution is 2.26. The van der Waals surface area contributed by atoms with E-state index in [-0.39, 0.29) is 0 Å². The summed E-state index contributed by atoms with van der Waals surface area (Å²) in [6.07, 6.45) is 5.51. The fourth-order valence-corrected chi connectivity index (χ4v) is 3.21. The summed E-state index contributed by atoms with van der Waals surface area (Å²) < 4.78 is 1.78. The van der Waals surface area contributed by atoms with Crippen molar-refractivity contribution >= 4 is 33.0 Å². The van der Waals surface area contributed by atoms with E-state index in [2.05, 4.69) is 20.4 Å². The maximum Gasteiger partial charge on any atom is 0.214 e. The molecule has 0 amide bonds. The van der Waals surface area contributed by atoms with E-state index in [4.69, 9.17) is 11.6 Å². The lowest BCUT2D eigenvalue weighted by atomic mass is 10.2. The second-order valence-electron chi connectivity index (χ2n) is 4.99. The molecule has 7 heteroatoms. The minimum atomic E-state index is 0.686. The third kappa shape index (κ3) is 3.04. The van der Waals surface area contributed by atoms with Crippen LogP contribution in [0.15, 0.2) is 55.0 Å². The molecule has 0 unspecified atom stereocenters. The number of imidazole rings is 1. The molecule has 0 aliphatic carbocycles. The Morgan fingerprint density at radius 1 is 1.22 bits per heavy atom. The van der Waals surface area contributed by atoms with E-state index in [1.807, 2.05) is 48.8 Å². The van der Waals surface area contributed by atoms with E-state index in [1.54, 1.807) is 10.7 Å². The van der Waals surface area contributed by atoms with Crippen molar-refractivity contribution in [3.05, 3.63) is 65.6 Å². The van der Waals surface area contributed by atoms with Gasteiger partial charge in [0.05, 0.1) is 11.9 Å². The molecule has 0 spiro atoms. The lowest BCUT2D eigenvalue weighted by molar-refractivity contribution is 0.961. The van der Waals surface area contributed by atoms with E-state index in [0.717, 1.165) is 26.9 Å². The third-order valence-electron chi connectivity index (χ3n) is 3.33. The molecule has 0 bridgehead atoms. The normalized spacial score (nSPS) is 11.0. The summed E-state index contributed by atoms with van der Waals surface area (Å²) in [6, 6.07) is 11.6. The van der Waals surface area contributed by atoms with Crippen molar-refractivity contribution in [2.45, 2.75) is 6.54 Å². The molecule has 1 N–H and O–H groups in total. The highest BCUT2D eigenvalue weighted by molar-refractivity contribution is 7.20. The number of nitrogens with one attached hydrogen (secondary N) is 1. The molecule has 0 saturated carbocycles. The summed E-state index contributed by atoms with van der Waals surface area (Å²) in [5.74, 6) is 0. The van der Waals surface area contributed by atoms with E-state index < -0.39 is 0 Å². The van der Waals surface area contributed by atoms with Crippen molar-refractivity contribution in [3.8, 4) is 11.3 Å². The Bertz CT molecular complexity index is 916. The van der Waals surface area contributed by atoms with Gasteiger partial charge >= 0.3 is 0 Å². The van der Waals surface area contributed by atoms with Gasteiger partial charge in [0.2, 0.25) is 10.1 Å². The van der Waals surface area contributed by atoms with Gasteiger partial charge in [-0.2, -0.15) is 0 Å². The zero-order valence-corrected chi connectivity index (χ0v) is 13.6. The first-order valence-corrected chi connectivity index (χ1v) is 8.22. The predicted octanol–water partition coefficient (Wildman–Crippen LogP) is 4.12. The fourth-order valence-electron chi connectivity index (χ4n) is 2.24. The number of aromatic nitrogens is 4. The lowest BCUT2D eigenvalue weighted by Crippen LogP contribution is -1.99. The van der Waals surface area contributed by atoms with Gasteiger partial charge in [0, 0.05) is 29.5 Å². The van der Waals surface area contributed by atoms with Crippen LogP contribution in [0.1, 0.15) is 5.56 Å². The molecule has 0 radical (unpaired) electrons. The van der Waals surface area contributed by atoms with Crippen molar-refractivity contribution in [2.24, 2.45) is 0 Å². The number of hydrogen-bond donors (Lipinski definition) is 1. The molecule has 4 rings (SSSR count). The molecule has 4 aromatic rings. The van der Waals surface area contributed by atoms with E-state index in [9.17, 15) is 0 Å². The highest BCUT2D eigenvalue weighted by Gasteiger charge is 2.09. The monoisotopic (exact) mass is 341 g/mol. The summed E-state index contributed by atoms with van der Waals surface area (Å²) in [7, 11) is 0. The highest BCUT2D eigenvalue weighted by atomic mass is 35.5. The summed E-state index contributed by atoms with van der Waals surface area (Å²) in [6.45, 7) is 0.686. The molecule has 0 aliphatic rings. The molecule has 0 atom stereocenters. The number of anilines is 1. The predicted molar refractivity (Wildman–Crippen MR) is 92.9 cm³/mol. The van der Waals surface area contributed by atoms with Crippen LogP contribution in [0.3, 0.4) is 0 Å². The van der Waals surface area contributed by atoms with Gasteiger partial charge in [0.25, 0.3) is 0 Å². The number of rotatable bonds is 4. The van der Waals surface area contributed by atoms with Crippen molar-refractivity contribution < 1.29 is 0 Å². The summed E-state index contributed by atoms with van der Waals surface area (Å²) in [5, 5.41) is 9.32. The second kappa shape index (κ2) is 5.98. The van der Waals surface area contributed by atoms with Crippen molar-refractivity contribution in [1.29, 1.82) is 0 Å². The minimum Gasteiger partial charge on any atom is -0.356 e. The molecule has 0 aliphatic heterocycles. The van der Waals surface area contributed by atoms with E-state index >= 15 is 0 Å². The zero-order chi connectivity index (χ0) is 15.6. The Morgan fingerprint density at radius 2 is 2.17 bits per heavy atom. The molecule has 3 heterocycles. The number of hydrogen-bond acceptors (Lipinski definition) is 5. The van der Waals surface area contributed by atoms with Crippen molar-refractivity contribution in [1.82, 2.24) is 19.6 Å². The van der Waals surface area contributed by atoms with Gasteiger partial charge < -0.3 is 5.32 Å². The van der Waals surface area contributed by atoms with Crippen LogP contribution in [0, 0.1) is 0 Å². The van der Waals surface area contributed by atoms with Gasteiger partial charge in [-0.05, 0) is 23.8 Å². The number of benzene rings is 1. The van der Waals surface area contributed by atoms with Gasteiger partial charge in [0.15, 0.2) is 0 Å². The van der Waals surface area contributed by atoms with Crippen molar-refractivity contribution in [3.63, 3.8) is 0 Å². The smallest absolute Gasteiger partial charge is 0.214 e.